The number of benzene rings is 2. The third-order valence-electron chi connectivity index (χ3n) is 5.38. The monoisotopic (exact) mass is 437 g/mol. The standard InChI is InChI=1S/C26H31NO5/c1-4-7-15-27-23(18-11-13-20(14-12-18)31-6-3)22(25(29)26(27)30)24(28)19-9-8-10-21(17-19)32-16-5-2/h8-14,17,23,28H,4-7,15-16H2,1-3H3/b24-22-. The van der Waals surface area contributed by atoms with Crippen molar-refractivity contribution in [3.63, 3.8) is 0 Å². The van der Waals surface area contributed by atoms with Gasteiger partial charge in [0.05, 0.1) is 24.8 Å². The Balaban J connectivity index is 2.07. The summed E-state index contributed by atoms with van der Waals surface area (Å²) < 4.78 is 11.2. The van der Waals surface area contributed by atoms with Crippen LogP contribution in [0, 0.1) is 0 Å². The fraction of sp³-hybridized carbons (Fsp3) is 0.385. The number of carbonyl (C=O) groups excluding carboxylic acids is 2. The van der Waals surface area contributed by atoms with E-state index in [9.17, 15) is 14.7 Å². The highest BCUT2D eigenvalue weighted by atomic mass is 16.5. The van der Waals surface area contributed by atoms with E-state index < -0.39 is 17.7 Å². The first-order chi connectivity index (χ1) is 15.5. The average molecular weight is 438 g/mol. The van der Waals surface area contributed by atoms with E-state index in [1.54, 1.807) is 29.2 Å². The summed E-state index contributed by atoms with van der Waals surface area (Å²) in [6.07, 6.45) is 2.51. The molecule has 2 aromatic rings. The van der Waals surface area contributed by atoms with Gasteiger partial charge < -0.3 is 19.5 Å². The van der Waals surface area contributed by atoms with Crippen molar-refractivity contribution in [2.75, 3.05) is 19.8 Å². The average Bonchev–Trinajstić information content (AvgIpc) is 3.06. The molecule has 1 saturated heterocycles. The molecule has 1 N–H and O–H groups in total. The lowest BCUT2D eigenvalue weighted by Gasteiger charge is -2.25. The summed E-state index contributed by atoms with van der Waals surface area (Å²) >= 11 is 0. The van der Waals surface area contributed by atoms with Crippen LogP contribution in [0.2, 0.25) is 0 Å². The Labute approximate surface area is 189 Å². The molecule has 1 aliphatic rings. The first-order valence-electron chi connectivity index (χ1n) is 11.3. The lowest BCUT2D eigenvalue weighted by molar-refractivity contribution is -0.139. The number of Topliss-reactive ketones (excluding diaryl/α,β-unsaturated/α-hetero) is 1. The maximum Gasteiger partial charge on any atom is 0.295 e. The van der Waals surface area contributed by atoms with Gasteiger partial charge in [0.15, 0.2) is 0 Å². The molecule has 1 amide bonds. The first-order valence-corrected chi connectivity index (χ1v) is 11.3. The summed E-state index contributed by atoms with van der Waals surface area (Å²) in [5.41, 5.74) is 1.30. The minimum absolute atomic E-state index is 0.0999. The SMILES string of the molecule is CCCCN1C(=O)C(=O)/C(=C(\O)c2cccc(OCCC)c2)C1c1ccc(OCC)cc1. The molecule has 0 spiro atoms. The Morgan fingerprint density at radius 1 is 0.969 bits per heavy atom. The van der Waals surface area contributed by atoms with Crippen molar-refractivity contribution >= 4 is 17.4 Å². The van der Waals surface area contributed by atoms with Crippen molar-refractivity contribution in [2.45, 2.75) is 46.1 Å². The maximum atomic E-state index is 13.0. The molecule has 32 heavy (non-hydrogen) atoms. The molecule has 3 rings (SSSR count). The Kier molecular flexibility index (Phi) is 7.92. The van der Waals surface area contributed by atoms with Gasteiger partial charge in [0.25, 0.3) is 11.7 Å². The summed E-state index contributed by atoms with van der Waals surface area (Å²) in [5.74, 6) is -0.130. The second-order valence-electron chi connectivity index (χ2n) is 7.72. The zero-order valence-corrected chi connectivity index (χ0v) is 19.0. The minimum Gasteiger partial charge on any atom is -0.507 e. The van der Waals surface area contributed by atoms with Gasteiger partial charge in [-0.3, -0.25) is 9.59 Å². The Morgan fingerprint density at radius 2 is 1.72 bits per heavy atom. The van der Waals surface area contributed by atoms with E-state index in [4.69, 9.17) is 9.47 Å². The predicted molar refractivity (Wildman–Crippen MR) is 124 cm³/mol. The third kappa shape index (κ3) is 4.96. The predicted octanol–water partition coefficient (Wildman–Crippen LogP) is 5.10. The Morgan fingerprint density at radius 3 is 2.38 bits per heavy atom. The van der Waals surface area contributed by atoms with Crippen LogP contribution in [-0.2, 0) is 9.59 Å². The number of hydrogen-bond acceptors (Lipinski definition) is 5. The van der Waals surface area contributed by atoms with Gasteiger partial charge in [0.1, 0.15) is 17.3 Å². The number of aliphatic hydroxyl groups is 1. The van der Waals surface area contributed by atoms with Crippen LogP contribution in [0.5, 0.6) is 11.5 Å². The van der Waals surface area contributed by atoms with Crippen molar-refractivity contribution < 1.29 is 24.2 Å². The molecule has 6 nitrogen and oxygen atoms in total. The quantitative estimate of drug-likeness (QED) is 0.318. The van der Waals surface area contributed by atoms with Gasteiger partial charge in [0.2, 0.25) is 0 Å². The number of ether oxygens (including phenoxy) is 2. The molecule has 6 heteroatoms. The molecule has 0 aliphatic carbocycles. The summed E-state index contributed by atoms with van der Waals surface area (Å²) in [6.45, 7) is 7.49. The van der Waals surface area contributed by atoms with Gasteiger partial charge in [-0.05, 0) is 49.6 Å². The van der Waals surface area contributed by atoms with Gasteiger partial charge in [-0.1, -0.05) is 44.5 Å². The first kappa shape index (κ1) is 23.4. The van der Waals surface area contributed by atoms with E-state index in [0.29, 0.717) is 36.8 Å². The lowest BCUT2D eigenvalue weighted by atomic mass is 9.95. The number of likely N-dealkylation sites (tertiary alicyclic amines) is 1. The molecule has 0 saturated carbocycles. The lowest BCUT2D eigenvalue weighted by Crippen LogP contribution is -2.30. The van der Waals surface area contributed by atoms with Crippen molar-refractivity contribution in [3.05, 3.63) is 65.2 Å². The summed E-state index contributed by atoms with van der Waals surface area (Å²) in [5, 5.41) is 11.2. The van der Waals surface area contributed by atoms with Crippen molar-refractivity contribution in [1.82, 2.24) is 4.90 Å². The van der Waals surface area contributed by atoms with Crippen LogP contribution in [0.3, 0.4) is 0 Å². The van der Waals surface area contributed by atoms with Gasteiger partial charge in [0, 0.05) is 12.1 Å². The number of aliphatic hydroxyl groups excluding tert-OH is 1. The van der Waals surface area contributed by atoms with E-state index in [-0.39, 0.29) is 11.3 Å². The van der Waals surface area contributed by atoms with Gasteiger partial charge in [-0.15, -0.1) is 0 Å². The van der Waals surface area contributed by atoms with Gasteiger partial charge in [-0.2, -0.15) is 0 Å². The number of nitrogens with zero attached hydrogens (tertiary/aromatic N) is 1. The molecule has 0 radical (unpaired) electrons. The molecule has 2 aromatic carbocycles. The number of rotatable bonds is 10. The van der Waals surface area contributed by atoms with E-state index in [1.165, 1.54) is 0 Å². The van der Waals surface area contributed by atoms with E-state index in [0.717, 1.165) is 24.8 Å². The van der Waals surface area contributed by atoms with Crippen molar-refractivity contribution in [1.29, 1.82) is 0 Å². The third-order valence-corrected chi connectivity index (χ3v) is 5.38. The number of ketones is 1. The number of hydrogen-bond donors (Lipinski definition) is 1. The van der Waals surface area contributed by atoms with Crippen LogP contribution in [0.4, 0.5) is 0 Å². The second kappa shape index (κ2) is 10.8. The largest absolute Gasteiger partial charge is 0.507 e. The highest BCUT2D eigenvalue weighted by Gasteiger charge is 2.45. The fourth-order valence-corrected chi connectivity index (χ4v) is 3.81. The fourth-order valence-electron chi connectivity index (χ4n) is 3.81. The molecule has 1 fully saturated rings. The zero-order chi connectivity index (χ0) is 23.1. The van der Waals surface area contributed by atoms with Gasteiger partial charge >= 0.3 is 0 Å². The van der Waals surface area contributed by atoms with Gasteiger partial charge in [-0.25, -0.2) is 0 Å². The second-order valence-corrected chi connectivity index (χ2v) is 7.72. The summed E-state index contributed by atoms with van der Waals surface area (Å²) in [4.78, 5) is 27.5. The van der Waals surface area contributed by atoms with E-state index >= 15 is 0 Å². The van der Waals surface area contributed by atoms with Crippen LogP contribution < -0.4 is 9.47 Å². The topological polar surface area (TPSA) is 76.1 Å². The van der Waals surface area contributed by atoms with E-state index in [1.807, 2.05) is 45.0 Å². The smallest absolute Gasteiger partial charge is 0.295 e. The molecule has 0 bridgehead atoms. The number of carbonyl (C=O) groups is 2. The zero-order valence-electron chi connectivity index (χ0n) is 19.0. The van der Waals surface area contributed by atoms with Crippen LogP contribution in [0.25, 0.3) is 5.76 Å². The molecular weight excluding hydrogens is 406 g/mol. The molecule has 170 valence electrons. The molecule has 1 heterocycles. The number of unbranched alkanes of at least 4 members (excludes halogenated alkanes) is 1. The van der Waals surface area contributed by atoms with E-state index in [2.05, 4.69) is 0 Å². The van der Waals surface area contributed by atoms with Crippen molar-refractivity contribution in [3.8, 4) is 11.5 Å². The minimum atomic E-state index is -0.669. The van der Waals surface area contributed by atoms with Crippen LogP contribution in [-0.4, -0.2) is 41.5 Å². The summed E-state index contributed by atoms with van der Waals surface area (Å²) in [6, 6.07) is 13.6. The molecule has 1 atom stereocenters. The summed E-state index contributed by atoms with van der Waals surface area (Å²) in [7, 11) is 0. The molecule has 0 aromatic heterocycles. The van der Waals surface area contributed by atoms with Crippen LogP contribution in [0.15, 0.2) is 54.1 Å². The highest BCUT2D eigenvalue weighted by molar-refractivity contribution is 6.46. The number of amides is 1. The van der Waals surface area contributed by atoms with Crippen LogP contribution in [0.1, 0.15) is 57.2 Å². The van der Waals surface area contributed by atoms with Crippen molar-refractivity contribution in [2.24, 2.45) is 0 Å². The highest BCUT2D eigenvalue weighted by Crippen LogP contribution is 2.40. The Bertz CT molecular complexity index is 980. The molecule has 1 unspecified atom stereocenters. The normalized spacial score (nSPS) is 17.6. The Hall–Kier alpha value is -3.28. The molecular formula is C26H31NO5. The maximum absolute atomic E-state index is 13.0. The molecule has 1 aliphatic heterocycles. The van der Waals surface area contributed by atoms with Crippen LogP contribution >= 0.6 is 0 Å².